The Balaban J connectivity index is 1.63. The Morgan fingerprint density at radius 3 is 2.68 bits per heavy atom. The van der Waals surface area contributed by atoms with Crippen molar-refractivity contribution in [1.29, 1.82) is 0 Å². The van der Waals surface area contributed by atoms with E-state index in [2.05, 4.69) is 20.6 Å². The molecule has 0 saturated carbocycles. The average Bonchev–Trinajstić information content (AvgIpc) is 3.35. The summed E-state index contributed by atoms with van der Waals surface area (Å²) in [5.41, 5.74) is 2.26. The van der Waals surface area contributed by atoms with Crippen molar-refractivity contribution >= 4 is 32.8 Å². The molecule has 0 aliphatic carbocycles. The van der Waals surface area contributed by atoms with Gasteiger partial charge in [0.05, 0.1) is 4.90 Å². The minimum absolute atomic E-state index is 0.275. The summed E-state index contributed by atoms with van der Waals surface area (Å²) in [4.78, 5) is 0.275. The number of rotatable bonds is 6. The summed E-state index contributed by atoms with van der Waals surface area (Å²) in [7, 11) is -0.483. The van der Waals surface area contributed by atoms with Crippen LogP contribution in [0.5, 0.6) is 0 Å². The summed E-state index contributed by atoms with van der Waals surface area (Å²) in [6.45, 7) is 0.317. The van der Waals surface area contributed by atoms with E-state index in [1.165, 1.54) is 18.4 Å². The van der Waals surface area contributed by atoms with Gasteiger partial charge in [-0.05, 0) is 35.2 Å². The van der Waals surface area contributed by atoms with Crippen LogP contribution in [0, 0.1) is 0 Å². The molecule has 4 rings (SSSR count). The van der Waals surface area contributed by atoms with Crippen LogP contribution in [0.1, 0.15) is 5.56 Å². The Kier molecular flexibility index (Phi) is 4.84. The van der Waals surface area contributed by atoms with Crippen molar-refractivity contribution in [2.24, 2.45) is 0 Å². The van der Waals surface area contributed by atoms with Gasteiger partial charge in [-0.15, -0.1) is 15.3 Å². The topological polar surface area (TPSA) is 92.5 Å². The van der Waals surface area contributed by atoms with Gasteiger partial charge in [0, 0.05) is 31.6 Å². The Labute approximate surface area is 166 Å². The van der Waals surface area contributed by atoms with Crippen LogP contribution in [-0.4, -0.2) is 46.6 Å². The third-order valence-corrected chi connectivity index (χ3v) is 6.83. The summed E-state index contributed by atoms with van der Waals surface area (Å²) in [6.07, 6.45) is 0. The summed E-state index contributed by atoms with van der Waals surface area (Å²) in [6, 6.07) is 12.5. The third kappa shape index (κ3) is 3.37. The Morgan fingerprint density at radius 2 is 1.93 bits per heavy atom. The van der Waals surface area contributed by atoms with Gasteiger partial charge in [-0.25, -0.2) is 12.7 Å². The van der Waals surface area contributed by atoms with E-state index in [4.69, 9.17) is 0 Å². The number of benzene rings is 1. The molecule has 0 radical (unpaired) electrons. The fourth-order valence-corrected chi connectivity index (χ4v) is 4.49. The lowest BCUT2D eigenvalue weighted by molar-refractivity contribution is 0.520. The van der Waals surface area contributed by atoms with Crippen molar-refractivity contribution in [3.05, 3.63) is 58.8 Å². The molecule has 28 heavy (non-hydrogen) atoms. The first kappa shape index (κ1) is 18.5. The molecule has 0 saturated heterocycles. The largest absolute Gasteiger partial charge is 0.365 e. The summed E-state index contributed by atoms with van der Waals surface area (Å²) in [5, 5.41) is 20.1. The van der Waals surface area contributed by atoms with E-state index in [0.717, 1.165) is 5.56 Å². The molecular weight excluding hydrogens is 396 g/mol. The van der Waals surface area contributed by atoms with Crippen molar-refractivity contribution in [3.8, 4) is 11.4 Å². The number of hydrogen-bond acceptors (Lipinski definition) is 7. The number of anilines is 1. The van der Waals surface area contributed by atoms with Crippen LogP contribution < -0.4 is 5.32 Å². The molecule has 1 aromatic carbocycles. The van der Waals surface area contributed by atoms with Gasteiger partial charge in [-0.3, -0.25) is 0 Å². The van der Waals surface area contributed by atoms with Gasteiger partial charge in [0.15, 0.2) is 11.5 Å². The van der Waals surface area contributed by atoms with Gasteiger partial charge in [-0.1, -0.05) is 18.2 Å². The lowest BCUT2D eigenvalue weighted by atomic mass is 10.2. The van der Waals surface area contributed by atoms with E-state index in [9.17, 15) is 8.42 Å². The first-order valence-electron chi connectivity index (χ1n) is 8.46. The van der Waals surface area contributed by atoms with Gasteiger partial charge >= 0.3 is 0 Å². The molecule has 10 heteroatoms. The summed E-state index contributed by atoms with van der Waals surface area (Å²) >= 11 is 1.58. The van der Waals surface area contributed by atoms with Crippen LogP contribution in [0.15, 0.2) is 58.1 Å². The molecule has 1 N–H and O–H groups in total. The summed E-state index contributed by atoms with van der Waals surface area (Å²) < 4.78 is 28.0. The van der Waals surface area contributed by atoms with Crippen LogP contribution in [0.25, 0.3) is 17.0 Å². The number of thiophene rings is 1. The van der Waals surface area contributed by atoms with Gasteiger partial charge in [0.1, 0.15) is 5.82 Å². The van der Waals surface area contributed by atoms with Gasteiger partial charge in [0.2, 0.25) is 10.0 Å². The SMILES string of the molecule is CN(C)S(=O)(=O)c1ccccc1CNc1ccc2nnc(-c3ccsc3)n2n1. The summed E-state index contributed by atoms with van der Waals surface area (Å²) in [5.74, 6) is 1.26. The van der Waals surface area contributed by atoms with Gasteiger partial charge < -0.3 is 5.32 Å². The van der Waals surface area contributed by atoms with Crippen LogP contribution in [0.3, 0.4) is 0 Å². The van der Waals surface area contributed by atoms with Crippen molar-refractivity contribution in [3.63, 3.8) is 0 Å². The van der Waals surface area contributed by atoms with Crippen molar-refractivity contribution in [2.45, 2.75) is 11.4 Å². The smallest absolute Gasteiger partial charge is 0.242 e. The standard InChI is InChI=1S/C18H18N6O2S2/c1-23(2)28(25,26)15-6-4-3-5-13(15)11-19-16-7-8-17-20-21-18(24(17)22-16)14-9-10-27-12-14/h3-10,12H,11H2,1-2H3,(H,19,22). The normalized spacial score (nSPS) is 12.0. The van der Waals surface area contributed by atoms with E-state index in [0.29, 0.717) is 29.4 Å². The maximum Gasteiger partial charge on any atom is 0.242 e. The second kappa shape index (κ2) is 7.30. The fraction of sp³-hybridized carbons (Fsp3) is 0.167. The molecule has 3 aromatic heterocycles. The highest BCUT2D eigenvalue weighted by Gasteiger charge is 2.20. The zero-order valence-electron chi connectivity index (χ0n) is 15.3. The van der Waals surface area contributed by atoms with Crippen molar-refractivity contribution in [2.75, 3.05) is 19.4 Å². The van der Waals surface area contributed by atoms with Crippen LogP contribution in [-0.2, 0) is 16.6 Å². The Hall–Kier alpha value is -2.82. The number of nitrogens with one attached hydrogen (secondary N) is 1. The molecule has 0 aliphatic rings. The molecule has 144 valence electrons. The second-order valence-corrected chi connectivity index (χ2v) is 9.17. The van der Waals surface area contributed by atoms with Crippen molar-refractivity contribution < 1.29 is 8.42 Å². The monoisotopic (exact) mass is 414 g/mol. The van der Waals surface area contributed by atoms with Crippen LogP contribution in [0.2, 0.25) is 0 Å². The van der Waals surface area contributed by atoms with Gasteiger partial charge in [0.25, 0.3) is 0 Å². The van der Waals surface area contributed by atoms with E-state index in [1.807, 2.05) is 29.0 Å². The third-order valence-electron chi connectivity index (χ3n) is 4.23. The van der Waals surface area contributed by atoms with Gasteiger partial charge in [-0.2, -0.15) is 15.9 Å². The van der Waals surface area contributed by atoms with E-state index in [-0.39, 0.29) is 4.90 Å². The minimum Gasteiger partial charge on any atom is -0.365 e. The highest BCUT2D eigenvalue weighted by molar-refractivity contribution is 7.89. The molecule has 0 bridgehead atoms. The minimum atomic E-state index is -3.53. The molecule has 8 nitrogen and oxygen atoms in total. The molecule has 4 aromatic rings. The van der Waals surface area contributed by atoms with Crippen molar-refractivity contribution in [1.82, 2.24) is 24.1 Å². The van der Waals surface area contributed by atoms with E-state index >= 15 is 0 Å². The number of sulfonamides is 1. The zero-order valence-corrected chi connectivity index (χ0v) is 16.9. The lowest BCUT2D eigenvalue weighted by Gasteiger charge is -2.15. The highest BCUT2D eigenvalue weighted by atomic mass is 32.2. The molecule has 0 atom stereocenters. The number of nitrogens with zero attached hydrogens (tertiary/aromatic N) is 5. The molecule has 3 heterocycles. The predicted octanol–water partition coefficient (Wildman–Crippen LogP) is 2.72. The maximum absolute atomic E-state index is 12.5. The van der Waals surface area contributed by atoms with Crippen LogP contribution >= 0.6 is 11.3 Å². The van der Waals surface area contributed by atoms with Crippen LogP contribution in [0.4, 0.5) is 5.82 Å². The van der Waals surface area contributed by atoms with E-state index in [1.54, 1.807) is 40.1 Å². The predicted molar refractivity (Wildman–Crippen MR) is 109 cm³/mol. The second-order valence-electron chi connectivity index (χ2n) is 6.27. The molecule has 0 aliphatic heterocycles. The maximum atomic E-state index is 12.5. The lowest BCUT2D eigenvalue weighted by Crippen LogP contribution is -2.23. The van der Waals surface area contributed by atoms with E-state index < -0.39 is 10.0 Å². The first-order chi connectivity index (χ1) is 13.5. The fourth-order valence-electron chi connectivity index (χ4n) is 2.74. The molecule has 0 spiro atoms. The molecule has 0 amide bonds. The number of fused-ring (bicyclic) bond motifs is 1. The highest BCUT2D eigenvalue weighted by Crippen LogP contribution is 2.22. The molecule has 0 fully saturated rings. The Bertz CT molecular complexity index is 1220. The Morgan fingerprint density at radius 1 is 1.11 bits per heavy atom. The number of hydrogen-bond donors (Lipinski definition) is 1. The molecular formula is C18H18N6O2S2. The average molecular weight is 415 g/mol. The number of aromatic nitrogens is 4. The first-order valence-corrected chi connectivity index (χ1v) is 10.8. The molecule has 0 unspecified atom stereocenters. The zero-order chi connectivity index (χ0) is 19.7. The quantitative estimate of drug-likeness (QED) is 0.522.